The molecule has 1 aromatic heterocycles. The molecule has 0 N–H and O–H groups in total. The van der Waals surface area contributed by atoms with Gasteiger partial charge in [0.15, 0.2) is 5.67 Å². The molecule has 3 atom stereocenters. The summed E-state index contributed by atoms with van der Waals surface area (Å²) in [5, 5.41) is 9.48. The Kier molecular flexibility index (Phi) is 8.81. The van der Waals surface area contributed by atoms with Crippen LogP contribution in [-0.2, 0) is 28.7 Å². The monoisotopic (exact) mass is 604 g/mol. The van der Waals surface area contributed by atoms with Crippen molar-refractivity contribution < 1.29 is 31.8 Å². The van der Waals surface area contributed by atoms with Crippen LogP contribution in [0.3, 0.4) is 0 Å². The molecule has 0 bridgehead atoms. The Balaban J connectivity index is 1.47. The van der Waals surface area contributed by atoms with Gasteiger partial charge in [-0.05, 0) is 51.9 Å². The van der Waals surface area contributed by atoms with E-state index in [-0.39, 0.29) is 50.2 Å². The van der Waals surface area contributed by atoms with Crippen LogP contribution in [0.25, 0.3) is 0 Å². The van der Waals surface area contributed by atoms with Gasteiger partial charge in [0.2, 0.25) is 0 Å². The Morgan fingerprint density at radius 1 is 1.14 bits per heavy atom. The molecule has 2 unspecified atom stereocenters. The predicted octanol–water partition coefficient (Wildman–Crippen LogP) is 4.46. The molecule has 0 aliphatic carbocycles. The summed E-state index contributed by atoms with van der Waals surface area (Å²) < 4.78 is 68.1. The van der Waals surface area contributed by atoms with Gasteiger partial charge < -0.3 is 24.2 Å². The number of nitriles is 1. The molecule has 232 valence electrons. The number of fused-ring (bicyclic) bond motifs is 1. The maximum absolute atomic E-state index is 14.6. The van der Waals surface area contributed by atoms with Crippen molar-refractivity contribution >= 4 is 11.7 Å². The molecule has 2 fully saturated rings. The summed E-state index contributed by atoms with van der Waals surface area (Å²) in [6.07, 6.45) is -3.33. The van der Waals surface area contributed by atoms with Gasteiger partial charge in [-0.15, -0.1) is 0 Å². The number of aromatic nitrogens is 2. The molecule has 2 aromatic rings. The molecule has 13 heteroatoms. The molecule has 1 aromatic carbocycles. The first-order chi connectivity index (χ1) is 20.4. The van der Waals surface area contributed by atoms with Crippen LogP contribution < -0.4 is 9.64 Å². The molecule has 5 rings (SSSR count). The SMILES string of the molecule is CN1CCC[C@H]1COc1nc2c(c(N3CCN(C(=O)C(C)(C)F)C(CC#N)C3)n1)COC(c1ccccc1C(F)(F)F)C2. The molecular formula is C30H36F4N6O3. The number of carbonyl (C=O) groups is 1. The van der Waals surface area contributed by atoms with Crippen molar-refractivity contribution in [3.8, 4) is 12.1 Å². The van der Waals surface area contributed by atoms with Crippen molar-refractivity contribution in [1.82, 2.24) is 19.8 Å². The van der Waals surface area contributed by atoms with Crippen LogP contribution in [0.5, 0.6) is 6.01 Å². The standard InChI is InChI=1S/C30H36F4N6O3/c1-29(2,31)27(41)40-14-13-39(16-19(40)10-11-35)26-22-18-42-25(21-8-4-5-9-23(21)30(32,33)34)15-24(22)36-28(37-26)43-17-20-7-6-12-38(20)3/h4-5,8-9,19-20,25H,6-7,10,12-18H2,1-3H3/t19?,20-,25?/m0/s1. The molecule has 3 aliphatic rings. The highest BCUT2D eigenvalue weighted by atomic mass is 19.4. The van der Waals surface area contributed by atoms with E-state index in [1.165, 1.54) is 30.9 Å². The smallest absolute Gasteiger partial charge is 0.416 e. The third-order valence-corrected chi connectivity index (χ3v) is 8.43. The summed E-state index contributed by atoms with van der Waals surface area (Å²) in [5.41, 5.74) is -1.67. The van der Waals surface area contributed by atoms with Crippen molar-refractivity contribution in [2.75, 3.05) is 44.7 Å². The third-order valence-electron chi connectivity index (χ3n) is 8.43. The lowest BCUT2D eigenvalue weighted by Crippen LogP contribution is -2.58. The number of hydrogen-bond donors (Lipinski definition) is 0. The van der Waals surface area contributed by atoms with Gasteiger partial charge in [-0.1, -0.05) is 18.2 Å². The fourth-order valence-corrected chi connectivity index (χ4v) is 6.09. The van der Waals surface area contributed by atoms with Crippen molar-refractivity contribution in [1.29, 1.82) is 5.26 Å². The summed E-state index contributed by atoms with van der Waals surface area (Å²) in [6.45, 7) is 4.36. The van der Waals surface area contributed by atoms with E-state index in [1.807, 2.05) is 11.9 Å². The van der Waals surface area contributed by atoms with Gasteiger partial charge in [-0.25, -0.2) is 4.39 Å². The highest BCUT2D eigenvalue weighted by Gasteiger charge is 2.41. The Hall–Kier alpha value is -3.50. The molecule has 4 heterocycles. The molecule has 0 radical (unpaired) electrons. The number of nitrogens with zero attached hydrogens (tertiary/aromatic N) is 6. The number of halogens is 4. The number of benzene rings is 1. The largest absolute Gasteiger partial charge is 0.462 e. The number of amides is 1. The Morgan fingerprint density at radius 2 is 1.91 bits per heavy atom. The molecular weight excluding hydrogens is 568 g/mol. The second-order valence-corrected chi connectivity index (χ2v) is 11.9. The Bertz CT molecular complexity index is 1380. The average molecular weight is 605 g/mol. The number of alkyl halides is 4. The minimum atomic E-state index is -4.54. The zero-order valence-corrected chi connectivity index (χ0v) is 24.5. The Labute approximate surface area is 248 Å². The van der Waals surface area contributed by atoms with E-state index >= 15 is 0 Å². The molecule has 43 heavy (non-hydrogen) atoms. The van der Waals surface area contributed by atoms with Gasteiger partial charge in [-0.2, -0.15) is 28.4 Å². The third kappa shape index (κ3) is 6.70. The van der Waals surface area contributed by atoms with E-state index < -0.39 is 35.5 Å². The first-order valence-electron chi connectivity index (χ1n) is 14.5. The van der Waals surface area contributed by atoms with Gasteiger partial charge in [0.1, 0.15) is 12.4 Å². The molecule has 9 nitrogen and oxygen atoms in total. The van der Waals surface area contributed by atoms with Crippen molar-refractivity contribution in [3.63, 3.8) is 0 Å². The lowest BCUT2D eigenvalue weighted by atomic mass is 9.95. The van der Waals surface area contributed by atoms with Gasteiger partial charge >= 0.3 is 12.2 Å². The van der Waals surface area contributed by atoms with Gasteiger partial charge in [0.25, 0.3) is 5.91 Å². The molecule has 0 saturated carbocycles. The molecule has 3 aliphatic heterocycles. The number of ether oxygens (including phenoxy) is 2. The highest BCUT2D eigenvalue weighted by molar-refractivity contribution is 5.84. The number of carbonyl (C=O) groups excluding carboxylic acids is 1. The van der Waals surface area contributed by atoms with Crippen molar-refractivity contribution in [3.05, 3.63) is 46.6 Å². The van der Waals surface area contributed by atoms with E-state index in [0.29, 0.717) is 30.2 Å². The summed E-state index contributed by atoms with van der Waals surface area (Å²) >= 11 is 0. The normalized spacial score (nSPS) is 23.2. The van der Waals surface area contributed by atoms with E-state index in [4.69, 9.17) is 14.5 Å². The maximum atomic E-state index is 14.6. The van der Waals surface area contributed by atoms with Crippen LogP contribution >= 0.6 is 0 Å². The summed E-state index contributed by atoms with van der Waals surface area (Å²) in [4.78, 5) is 27.7. The van der Waals surface area contributed by atoms with Crippen molar-refractivity contribution in [2.24, 2.45) is 0 Å². The van der Waals surface area contributed by atoms with Crippen LogP contribution in [0.1, 0.15) is 61.6 Å². The van der Waals surface area contributed by atoms with Crippen LogP contribution in [0, 0.1) is 11.3 Å². The first-order valence-corrected chi connectivity index (χ1v) is 14.5. The zero-order chi connectivity index (χ0) is 30.9. The zero-order valence-electron chi connectivity index (χ0n) is 24.5. The second kappa shape index (κ2) is 12.2. The lowest BCUT2D eigenvalue weighted by Gasteiger charge is -2.43. The topological polar surface area (TPSA) is 94.8 Å². The summed E-state index contributed by atoms with van der Waals surface area (Å²) in [6, 6.07) is 7.18. The number of likely N-dealkylation sites (tertiary alicyclic amines) is 1. The van der Waals surface area contributed by atoms with Crippen LogP contribution in [0.15, 0.2) is 24.3 Å². The number of hydrogen-bond acceptors (Lipinski definition) is 8. The van der Waals surface area contributed by atoms with E-state index in [1.54, 1.807) is 6.07 Å². The van der Waals surface area contributed by atoms with E-state index in [2.05, 4.69) is 16.0 Å². The van der Waals surface area contributed by atoms with Crippen LogP contribution in [0.2, 0.25) is 0 Å². The van der Waals surface area contributed by atoms with Crippen LogP contribution in [0.4, 0.5) is 23.4 Å². The molecule has 0 spiro atoms. The minimum absolute atomic E-state index is 0.00420. The minimum Gasteiger partial charge on any atom is -0.462 e. The number of anilines is 1. The number of piperazine rings is 1. The molecule has 2 saturated heterocycles. The average Bonchev–Trinajstić information content (AvgIpc) is 3.38. The van der Waals surface area contributed by atoms with Gasteiger partial charge in [0.05, 0.1) is 42.5 Å². The Morgan fingerprint density at radius 3 is 2.58 bits per heavy atom. The lowest BCUT2D eigenvalue weighted by molar-refractivity contribution is -0.144. The van der Waals surface area contributed by atoms with Crippen molar-refractivity contribution in [2.45, 2.75) is 76.2 Å². The van der Waals surface area contributed by atoms with Gasteiger partial charge in [0, 0.05) is 37.7 Å². The maximum Gasteiger partial charge on any atom is 0.416 e. The predicted molar refractivity (Wildman–Crippen MR) is 149 cm³/mol. The quantitative estimate of drug-likeness (QED) is 0.428. The fourth-order valence-electron chi connectivity index (χ4n) is 6.09. The summed E-state index contributed by atoms with van der Waals surface area (Å²) in [7, 11) is 2.02. The second-order valence-electron chi connectivity index (χ2n) is 11.9. The molecule has 1 amide bonds. The number of rotatable bonds is 7. The number of likely N-dealkylation sites (N-methyl/N-ethyl adjacent to an activating group) is 1. The summed E-state index contributed by atoms with van der Waals surface area (Å²) in [5.74, 6) is -0.201. The van der Waals surface area contributed by atoms with E-state index in [9.17, 15) is 27.6 Å². The van der Waals surface area contributed by atoms with E-state index in [0.717, 1.165) is 25.5 Å². The first kappa shape index (κ1) is 30.9. The van der Waals surface area contributed by atoms with Crippen LogP contribution in [-0.4, -0.2) is 83.3 Å². The highest BCUT2D eigenvalue weighted by Crippen LogP contribution is 2.41. The van der Waals surface area contributed by atoms with Gasteiger partial charge in [-0.3, -0.25) is 4.79 Å². The fraction of sp³-hybridized carbons (Fsp3) is 0.600.